The maximum atomic E-state index is 11.3. The summed E-state index contributed by atoms with van der Waals surface area (Å²) in [5.74, 6) is -1.59. The van der Waals surface area contributed by atoms with E-state index in [1.54, 1.807) is 12.1 Å². The maximum Gasteiger partial charge on any atom is 0.313 e. The van der Waals surface area contributed by atoms with Gasteiger partial charge in [-0.1, -0.05) is 43.2 Å². The number of rotatable bonds is 4. The third-order valence-electron chi connectivity index (χ3n) is 3.65. The third kappa shape index (κ3) is 2.67. The smallest absolute Gasteiger partial charge is 0.313 e. The van der Waals surface area contributed by atoms with Crippen molar-refractivity contribution >= 4 is 5.97 Å². The maximum absolute atomic E-state index is 11.3. The summed E-state index contributed by atoms with van der Waals surface area (Å²) in [6.45, 7) is 0. The first-order chi connectivity index (χ1) is 8.20. The van der Waals surface area contributed by atoms with Crippen LogP contribution in [0.25, 0.3) is 0 Å². The Balaban J connectivity index is 2.20. The highest BCUT2D eigenvalue weighted by atomic mass is 16.4. The van der Waals surface area contributed by atoms with Gasteiger partial charge >= 0.3 is 5.97 Å². The van der Waals surface area contributed by atoms with Gasteiger partial charge in [-0.15, -0.1) is 0 Å². The van der Waals surface area contributed by atoms with E-state index in [2.05, 4.69) is 0 Å². The van der Waals surface area contributed by atoms with E-state index in [1.807, 2.05) is 18.2 Å². The van der Waals surface area contributed by atoms with Gasteiger partial charge in [0.2, 0.25) is 0 Å². The molecule has 92 valence electrons. The largest absolute Gasteiger partial charge is 0.481 e. The molecule has 17 heavy (non-hydrogen) atoms. The zero-order valence-electron chi connectivity index (χ0n) is 9.75. The summed E-state index contributed by atoms with van der Waals surface area (Å²) < 4.78 is 0. The summed E-state index contributed by atoms with van der Waals surface area (Å²) in [6.07, 6.45) is 3.32. The molecule has 1 aromatic carbocycles. The van der Waals surface area contributed by atoms with Crippen molar-refractivity contribution in [3.05, 3.63) is 35.9 Å². The Morgan fingerprint density at radius 2 is 1.76 bits per heavy atom. The zero-order valence-corrected chi connectivity index (χ0v) is 9.75. The number of carboxylic acid groups (broad SMARTS) is 1. The molecule has 1 aliphatic rings. The van der Waals surface area contributed by atoms with Crippen LogP contribution in [0.4, 0.5) is 0 Å². The van der Waals surface area contributed by atoms with Gasteiger partial charge < -0.3 is 10.2 Å². The molecule has 1 fully saturated rings. The minimum Gasteiger partial charge on any atom is -0.481 e. The predicted molar refractivity (Wildman–Crippen MR) is 64.8 cm³/mol. The van der Waals surface area contributed by atoms with Gasteiger partial charge in [-0.05, 0) is 24.3 Å². The van der Waals surface area contributed by atoms with Gasteiger partial charge in [-0.25, -0.2) is 0 Å². The number of carbonyl (C=O) groups is 1. The molecule has 0 saturated heterocycles. The number of aliphatic carboxylic acids is 1. The van der Waals surface area contributed by atoms with Crippen molar-refractivity contribution in [2.45, 2.75) is 37.7 Å². The van der Waals surface area contributed by atoms with E-state index >= 15 is 0 Å². The summed E-state index contributed by atoms with van der Waals surface area (Å²) in [6, 6.07) is 9.03. The highest BCUT2D eigenvalue weighted by molar-refractivity contribution is 5.76. The Morgan fingerprint density at radius 1 is 1.18 bits per heavy atom. The van der Waals surface area contributed by atoms with E-state index in [1.165, 1.54) is 0 Å². The van der Waals surface area contributed by atoms with Crippen LogP contribution in [0.1, 0.15) is 37.2 Å². The quantitative estimate of drug-likeness (QED) is 0.841. The predicted octanol–water partition coefficient (Wildman–Crippen LogP) is 2.41. The minimum absolute atomic E-state index is 0.135. The Hall–Kier alpha value is -1.35. The lowest BCUT2D eigenvalue weighted by atomic mass is 9.85. The Bertz CT molecular complexity index is 368. The van der Waals surface area contributed by atoms with Gasteiger partial charge in [0.05, 0.1) is 6.10 Å². The molecule has 3 nitrogen and oxygen atoms in total. The second-order valence-electron chi connectivity index (χ2n) is 4.76. The van der Waals surface area contributed by atoms with Gasteiger partial charge in [-0.3, -0.25) is 4.79 Å². The average molecular weight is 234 g/mol. The topological polar surface area (TPSA) is 57.5 Å². The SMILES string of the molecule is O=C(O)[C@@H](c1ccccc1)[C@@H](O)C1CCCC1. The lowest BCUT2D eigenvalue weighted by Gasteiger charge is -2.24. The van der Waals surface area contributed by atoms with E-state index in [0.717, 1.165) is 25.7 Å². The number of hydrogen-bond donors (Lipinski definition) is 2. The number of benzene rings is 1. The fraction of sp³-hybridized carbons (Fsp3) is 0.500. The van der Waals surface area contributed by atoms with Crippen LogP contribution >= 0.6 is 0 Å². The second-order valence-corrected chi connectivity index (χ2v) is 4.76. The fourth-order valence-electron chi connectivity index (χ4n) is 2.72. The molecule has 2 N–H and O–H groups in total. The van der Waals surface area contributed by atoms with Crippen molar-refractivity contribution in [2.24, 2.45) is 5.92 Å². The standard InChI is InChI=1S/C14H18O3/c15-13(11-8-4-5-9-11)12(14(16)17)10-6-2-1-3-7-10/h1-3,6-7,11-13,15H,4-5,8-9H2,(H,16,17)/t12-,13-/m0/s1. The highest BCUT2D eigenvalue weighted by Crippen LogP contribution is 2.34. The number of hydrogen-bond acceptors (Lipinski definition) is 2. The van der Waals surface area contributed by atoms with Crippen LogP contribution in [0.2, 0.25) is 0 Å². The molecule has 0 radical (unpaired) electrons. The number of aliphatic hydroxyl groups is 1. The van der Waals surface area contributed by atoms with Gasteiger partial charge in [0.15, 0.2) is 0 Å². The van der Waals surface area contributed by atoms with Crippen LogP contribution in [0.3, 0.4) is 0 Å². The van der Waals surface area contributed by atoms with Crippen LogP contribution in [-0.2, 0) is 4.79 Å². The van der Waals surface area contributed by atoms with Crippen LogP contribution in [-0.4, -0.2) is 22.3 Å². The first-order valence-corrected chi connectivity index (χ1v) is 6.16. The molecule has 1 aliphatic carbocycles. The van der Waals surface area contributed by atoms with Crippen LogP contribution in [0.15, 0.2) is 30.3 Å². The molecular weight excluding hydrogens is 216 g/mol. The number of carboxylic acids is 1. The number of aliphatic hydroxyl groups excluding tert-OH is 1. The molecule has 2 atom stereocenters. The van der Waals surface area contributed by atoms with Crippen LogP contribution in [0.5, 0.6) is 0 Å². The highest BCUT2D eigenvalue weighted by Gasteiger charge is 2.35. The molecule has 1 saturated carbocycles. The van der Waals surface area contributed by atoms with E-state index in [4.69, 9.17) is 0 Å². The molecule has 0 aromatic heterocycles. The van der Waals surface area contributed by atoms with Gasteiger partial charge in [0.1, 0.15) is 5.92 Å². The van der Waals surface area contributed by atoms with Crippen molar-refractivity contribution in [3.63, 3.8) is 0 Å². The Morgan fingerprint density at radius 3 is 2.29 bits per heavy atom. The molecule has 0 aliphatic heterocycles. The summed E-state index contributed by atoms with van der Waals surface area (Å²) in [5, 5.41) is 19.5. The van der Waals surface area contributed by atoms with Gasteiger partial charge in [0.25, 0.3) is 0 Å². The molecular formula is C14H18O3. The van der Waals surface area contributed by atoms with Crippen LogP contribution < -0.4 is 0 Å². The normalized spacial score (nSPS) is 20.1. The summed E-state index contributed by atoms with van der Waals surface area (Å²) in [7, 11) is 0. The summed E-state index contributed by atoms with van der Waals surface area (Å²) in [4.78, 5) is 11.3. The monoisotopic (exact) mass is 234 g/mol. The molecule has 2 rings (SSSR count). The van der Waals surface area contributed by atoms with Gasteiger partial charge in [-0.2, -0.15) is 0 Å². The van der Waals surface area contributed by atoms with Gasteiger partial charge in [0, 0.05) is 0 Å². The van der Waals surface area contributed by atoms with Crippen molar-refractivity contribution in [1.82, 2.24) is 0 Å². The lowest BCUT2D eigenvalue weighted by Crippen LogP contribution is -2.31. The summed E-state index contributed by atoms with van der Waals surface area (Å²) >= 11 is 0. The molecule has 0 amide bonds. The first-order valence-electron chi connectivity index (χ1n) is 6.16. The average Bonchev–Trinajstić information content (AvgIpc) is 2.83. The van der Waals surface area contributed by atoms with Crippen molar-refractivity contribution < 1.29 is 15.0 Å². The minimum atomic E-state index is -0.935. The third-order valence-corrected chi connectivity index (χ3v) is 3.65. The van der Waals surface area contributed by atoms with E-state index in [-0.39, 0.29) is 5.92 Å². The lowest BCUT2D eigenvalue weighted by molar-refractivity contribution is -0.142. The molecule has 3 heteroatoms. The molecule has 0 bridgehead atoms. The fourth-order valence-corrected chi connectivity index (χ4v) is 2.72. The molecule has 0 unspecified atom stereocenters. The van der Waals surface area contributed by atoms with E-state index < -0.39 is 18.0 Å². The summed E-state index contributed by atoms with van der Waals surface area (Å²) in [5.41, 5.74) is 0.694. The van der Waals surface area contributed by atoms with Crippen molar-refractivity contribution in [1.29, 1.82) is 0 Å². The molecule has 1 aromatic rings. The second kappa shape index (κ2) is 5.32. The molecule has 0 spiro atoms. The Kier molecular flexibility index (Phi) is 3.79. The van der Waals surface area contributed by atoms with Crippen LogP contribution in [0, 0.1) is 5.92 Å². The zero-order chi connectivity index (χ0) is 12.3. The molecule has 0 heterocycles. The van der Waals surface area contributed by atoms with E-state index in [9.17, 15) is 15.0 Å². The van der Waals surface area contributed by atoms with E-state index in [0.29, 0.717) is 5.56 Å². The van der Waals surface area contributed by atoms with Crippen molar-refractivity contribution in [3.8, 4) is 0 Å². The Labute approximate surface area is 101 Å². The first kappa shape index (κ1) is 12.1. The van der Waals surface area contributed by atoms with Crippen molar-refractivity contribution in [2.75, 3.05) is 0 Å².